The van der Waals surface area contributed by atoms with E-state index in [0.717, 1.165) is 34.7 Å². The monoisotopic (exact) mass is 391 g/mol. The maximum Gasteiger partial charge on any atom is 0.285 e. The Hall–Kier alpha value is -3.01. The van der Waals surface area contributed by atoms with Gasteiger partial charge in [0.1, 0.15) is 0 Å². The van der Waals surface area contributed by atoms with Crippen LogP contribution < -0.4 is 9.86 Å². The van der Waals surface area contributed by atoms with Crippen molar-refractivity contribution >= 4 is 27.2 Å². The van der Waals surface area contributed by atoms with Gasteiger partial charge in [0.25, 0.3) is 11.2 Å². The number of hydrogen-bond acceptors (Lipinski definition) is 6. The van der Waals surface area contributed by atoms with E-state index in [1.54, 1.807) is 12.1 Å². The van der Waals surface area contributed by atoms with E-state index < -0.39 is 26.3 Å². The number of rotatable bonds is 5. The number of carbonyl (C=O) groups excluding carboxylic acids is 1. The van der Waals surface area contributed by atoms with Gasteiger partial charge >= 0.3 is 0 Å². The quantitative estimate of drug-likeness (QED) is 0.431. The smallest absolute Gasteiger partial charge is 0.285 e. The molecule has 0 amide bonds. The summed E-state index contributed by atoms with van der Waals surface area (Å²) < 4.78 is 26.1. The van der Waals surface area contributed by atoms with E-state index in [1.807, 2.05) is 0 Å². The fraction of sp³-hybridized carbons (Fsp3) is 0.294. The zero-order valence-electron chi connectivity index (χ0n) is 14.5. The van der Waals surface area contributed by atoms with Gasteiger partial charge < -0.3 is 4.57 Å². The molecule has 9 nitrogen and oxygen atoms in total. The van der Waals surface area contributed by atoms with Gasteiger partial charge in [-0.2, -0.15) is 0 Å². The SMILES string of the molecule is CS(=O)(=O)N1CCCc2cc(C(=O)Cn3cc([N+](=O)[O-])ccc3=O)ccc21. The molecule has 0 saturated heterocycles. The number of sulfonamides is 1. The number of pyridine rings is 1. The molecule has 1 aliphatic heterocycles. The maximum atomic E-state index is 12.6. The van der Waals surface area contributed by atoms with Gasteiger partial charge in [-0.25, -0.2) is 8.42 Å². The number of fused-ring (bicyclic) bond motifs is 1. The summed E-state index contributed by atoms with van der Waals surface area (Å²) in [6.45, 7) is 0.0529. The number of Topliss-reactive ketones (excluding diaryl/α,β-unsaturated/α-hetero) is 1. The first-order chi connectivity index (χ1) is 12.7. The first-order valence-corrected chi connectivity index (χ1v) is 10.0. The number of aromatic nitrogens is 1. The van der Waals surface area contributed by atoms with Crippen LogP contribution in [0.25, 0.3) is 0 Å². The Morgan fingerprint density at radius 1 is 1.26 bits per heavy atom. The van der Waals surface area contributed by atoms with Gasteiger partial charge in [-0.15, -0.1) is 0 Å². The number of carbonyl (C=O) groups is 1. The van der Waals surface area contributed by atoms with E-state index in [-0.39, 0.29) is 12.2 Å². The predicted octanol–water partition coefficient (Wildman–Crippen LogP) is 1.35. The molecular formula is C17H17N3O6S. The first kappa shape index (κ1) is 18.8. The number of nitro groups is 1. The third kappa shape index (κ3) is 3.90. The Kier molecular flexibility index (Phi) is 4.83. The van der Waals surface area contributed by atoms with E-state index in [0.29, 0.717) is 30.6 Å². The van der Waals surface area contributed by atoms with Crippen molar-refractivity contribution in [3.05, 3.63) is 68.1 Å². The number of nitrogens with zero attached hydrogens (tertiary/aromatic N) is 3. The lowest BCUT2D eigenvalue weighted by Crippen LogP contribution is -2.34. The minimum atomic E-state index is -3.40. The molecule has 1 aromatic heterocycles. The summed E-state index contributed by atoms with van der Waals surface area (Å²) in [6, 6.07) is 6.84. The molecule has 0 bridgehead atoms. The van der Waals surface area contributed by atoms with Crippen molar-refractivity contribution in [3.8, 4) is 0 Å². The fourth-order valence-corrected chi connectivity index (χ4v) is 4.07. The molecule has 142 valence electrons. The Balaban J connectivity index is 1.90. The molecule has 0 aliphatic carbocycles. The molecule has 0 unspecified atom stereocenters. The number of ketones is 1. The third-order valence-corrected chi connectivity index (χ3v) is 5.55. The number of aryl methyl sites for hydroxylation is 1. The first-order valence-electron chi connectivity index (χ1n) is 8.15. The second kappa shape index (κ2) is 6.95. The van der Waals surface area contributed by atoms with Crippen LogP contribution in [-0.2, 0) is 23.0 Å². The van der Waals surface area contributed by atoms with Gasteiger partial charge in [0, 0.05) is 24.2 Å². The molecule has 0 N–H and O–H groups in total. The second-order valence-electron chi connectivity index (χ2n) is 6.32. The highest BCUT2D eigenvalue weighted by Gasteiger charge is 2.24. The molecule has 10 heteroatoms. The minimum Gasteiger partial charge on any atom is -0.301 e. The lowest BCUT2D eigenvalue weighted by molar-refractivity contribution is -0.385. The average Bonchev–Trinajstić information content (AvgIpc) is 2.61. The number of benzene rings is 1. The van der Waals surface area contributed by atoms with Crippen LogP contribution in [0.4, 0.5) is 11.4 Å². The molecule has 0 fully saturated rings. The van der Waals surface area contributed by atoms with Gasteiger partial charge in [-0.1, -0.05) is 0 Å². The van der Waals surface area contributed by atoms with E-state index in [2.05, 4.69) is 0 Å². The van der Waals surface area contributed by atoms with Gasteiger partial charge in [0.15, 0.2) is 5.78 Å². The summed E-state index contributed by atoms with van der Waals surface area (Å²) >= 11 is 0. The summed E-state index contributed by atoms with van der Waals surface area (Å²) in [6.07, 6.45) is 3.45. The van der Waals surface area contributed by atoms with Crippen LogP contribution in [-0.4, -0.2) is 36.5 Å². The lowest BCUT2D eigenvalue weighted by Gasteiger charge is -2.29. The summed E-state index contributed by atoms with van der Waals surface area (Å²) in [4.78, 5) is 34.6. The highest BCUT2D eigenvalue weighted by atomic mass is 32.2. The molecule has 27 heavy (non-hydrogen) atoms. The average molecular weight is 391 g/mol. The Bertz CT molecular complexity index is 1090. The molecule has 1 aliphatic rings. The lowest BCUT2D eigenvalue weighted by atomic mass is 9.99. The zero-order valence-corrected chi connectivity index (χ0v) is 15.3. The van der Waals surface area contributed by atoms with Gasteiger partial charge in [0.2, 0.25) is 10.0 Å². The van der Waals surface area contributed by atoms with Crippen molar-refractivity contribution in [2.24, 2.45) is 0 Å². The predicted molar refractivity (Wildman–Crippen MR) is 98.6 cm³/mol. The Labute approximate surface area is 155 Å². The highest BCUT2D eigenvalue weighted by Crippen LogP contribution is 2.30. The minimum absolute atomic E-state index is 0.281. The fourth-order valence-electron chi connectivity index (χ4n) is 3.08. The van der Waals surface area contributed by atoms with Crippen LogP contribution in [0.15, 0.2) is 41.3 Å². The molecule has 2 aromatic rings. The van der Waals surface area contributed by atoms with E-state index in [4.69, 9.17) is 0 Å². The Morgan fingerprint density at radius 2 is 2.00 bits per heavy atom. The van der Waals surface area contributed by atoms with Crippen LogP contribution >= 0.6 is 0 Å². The molecule has 2 heterocycles. The topological polar surface area (TPSA) is 120 Å². The van der Waals surface area contributed by atoms with Crippen LogP contribution in [0.5, 0.6) is 0 Å². The summed E-state index contributed by atoms with van der Waals surface area (Å²) in [5.41, 5.74) is 0.811. The summed E-state index contributed by atoms with van der Waals surface area (Å²) in [5, 5.41) is 10.8. The third-order valence-electron chi connectivity index (χ3n) is 4.37. The molecule has 0 saturated carbocycles. The van der Waals surface area contributed by atoms with Crippen molar-refractivity contribution in [2.45, 2.75) is 19.4 Å². The van der Waals surface area contributed by atoms with Crippen LogP contribution in [0.2, 0.25) is 0 Å². The number of anilines is 1. The number of hydrogen-bond donors (Lipinski definition) is 0. The van der Waals surface area contributed by atoms with Crippen molar-refractivity contribution < 1.29 is 18.1 Å². The molecular weight excluding hydrogens is 374 g/mol. The van der Waals surface area contributed by atoms with Gasteiger partial charge in [0.05, 0.1) is 29.6 Å². The maximum absolute atomic E-state index is 12.6. The standard InChI is InChI=1S/C17H17N3O6S/c1-27(25,26)19-8-2-3-12-9-13(4-6-15(12)19)16(21)11-18-10-14(20(23)24)5-7-17(18)22/h4-7,9-10H,2-3,8,11H2,1H3. The molecule has 0 spiro atoms. The van der Waals surface area contributed by atoms with E-state index in [9.17, 15) is 28.1 Å². The molecule has 0 radical (unpaired) electrons. The highest BCUT2D eigenvalue weighted by molar-refractivity contribution is 7.92. The van der Waals surface area contributed by atoms with Gasteiger partial charge in [-0.3, -0.25) is 24.0 Å². The van der Waals surface area contributed by atoms with E-state index in [1.165, 1.54) is 10.4 Å². The van der Waals surface area contributed by atoms with Crippen molar-refractivity contribution in [2.75, 3.05) is 17.1 Å². The normalized spacial score (nSPS) is 13.9. The molecule has 1 aromatic carbocycles. The zero-order chi connectivity index (χ0) is 19.8. The largest absolute Gasteiger partial charge is 0.301 e. The van der Waals surface area contributed by atoms with Crippen molar-refractivity contribution in [1.29, 1.82) is 0 Å². The molecule has 0 atom stereocenters. The van der Waals surface area contributed by atoms with Crippen LogP contribution in [0, 0.1) is 10.1 Å². The van der Waals surface area contributed by atoms with Gasteiger partial charge in [-0.05, 0) is 36.6 Å². The van der Waals surface area contributed by atoms with Crippen molar-refractivity contribution in [3.63, 3.8) is 0 Å². The summed E-state index contributed by atoms with van der Waals surface area (Å²) in [5.74, 6) is -0.392. The van der Waals surface area contributed by atoms with Crippen LogP contribution in [0.3, 0.4) is 0 Å². The Morgan fingerprint density at radius 3 is 2.67 bits per heavy atom. The second-order valence-corrected chi connectivity index (χ2v) is 8.22. The molecule has 3 rings (SSSR count). The summed E-state index contributed by atoms with van der Waals surface area (Å²) in [7, 11) is -3.40. The van der Waals surface area contributed by atoms with E-state index >= 15 is 0 Å². The van der Waals surface area contributed by atoms with Crippen molar-refractivity contribution in [1.82, 2.24) is 4.57 Å². The van der Waals surface area contributed by atoms with Crippen LogP contribution in [0.1, 0.15) is 22.3 Å².